The topological polar surface area (TPSA) is 108 Å². The molecule has 4 aromatic heterocycles. The van der Waals surface area contributed by atoms with Crippen molar-refractivity contribution in [3.05, 3.63) is 30.2 Å². The highest BCUT2D eigenvalue weighted by molar-refractivity contribution is 5.88. The van der Waals surface area contributed by atoms with Crippen LogP contribution in [0.3, 0.4) is 0 Å². The highest BCUT2D eigenvalue weighted by Gasteiger charge is 2.41. The molecular formula is C24H30N8O. The van der Waals surface area contributed by atoms with Gasteiger partial charge in [0.2, 0.25) is 5.95 Å². The zero-order valence-corrected chi connectivity index (χ0v) is 19.4. The molecule has 6 rings (SSSR count). The van der Waals surface area contributed by atoms with E-state index >= 15 is 0 Å². The number of nitrogens with two attached hydrogens (primary N) is 1. The molecule has 1 spiro atoms. The summed E-state index contributed by atoms with van der Waals surface area (Å²) in [4.78, 5) is 14.2. The third kappa shape index (κ3) is 3.33. The second-order valence-corrected chi connectivity index (χ2v) is 9.71. The molecule has 1 aliphatic carbocycles. The van der Waals surface area contributed by atoms with E-state index in [-0.39, 0.29) is 11.6 Å². The molecule has 0 amide bonds. The number of aryl methyl sites for hydroxylation is 1. The molecule has 0 radical (unpaired) electrons. The summed E-state index contributed by atoms with van der Waals surface area (Å²) in [5.41, 5.74) is 10.9. The first-order valence-electron chi connectivity index (χ1n) is 11.8. The van der Waals surface area contributed by atoms with E-state index in [1.54, 1.807) is 4.52 Å². The molecule has 0 unspecified atom stereocenters. The van der Waals surface area contributed by atoms with Crippen molar-refractivity contribution in [1.29, 1.82) is 0 Å². The Kier molecular flexibility index (Phi) is 4.58. The minimum absolute atomic E-state index is 0.148. The number of nitrogens with zero attached hydrogens (tertiary/aromatic N) is 6. The van der Waals surface area contributed by atoms with Gasteiger partial charge in [0.25, 0.3) is 0 Å². The van der Waals surface area contributed by atoms with Crippen LogP contribution in [-0.4, -0.2) is 47.4 Å². The number of nitrogen functional groups attached to an aromatic ring is 1. The van der Waals surface area contributed by atoms with E-state index in [2.05, 4.69) is 33.7 Å². The summed E-state index contributed by atoms with van der Waals surface area (Å²) in [6.45, 7) is 7.20. The van der Waals surface area contributed by atoms with Crippen LogP contribution in [0.15, 0.2) is 24.4 Å². The molecule has 172 valence electrons. The lowest BCUT2D eigenvalue weighted by molar-refractivity contribution is -0.165. The first kappa shape index (κ1) is 20.4. The summed E-state index contributed by atoms with van der Waals surface area (Å²) < 4.78 is 9.79. The summed E-state index contributed by atoms with van der Waals surface area (Å²) in [6.07, 6.45) is 7.42. The number of fused-ring (bicyclic) bond motifs is 2. The first-order chi connectivity index (χ1) is 15.9. The average Bonchev–Trinajstić information content (AvgIpc) is 3.33. The van der Waals surface area contributed by atoms with Crippen molar-refractivity contribution in [3.8, 4) is 11.3 Å². The minimum Gasteiger partial charge on any atom is -0.382 e. The van der Waals surface area contributed by atoms with E-state index in [4.69, 9.17) is 20.6 Å². The van der Waals surface area contributed by atoms with Crippen LogP contribution >= 0.6 is 0 Å². The Morgan fingerprint density at radius 1 is 1.12 bits per heavy atom. The molecule has 33 heavy (non-hydrogen) atoms. The van der Waals surface area contributed by atoms with Crippen molar-refractivity contribution in [1.82, 2.24) is 29.1 Å². The summed E-state index contributed by atoms with van der Waals surface area (Å²) in [7, 11) is 0. The van der Waals surface area contributed by atoms with Gasteiger partial charge in [-0.05, 0) is 71.1 Å². The average molecular weight is 447 g/mol. The van der Waals surface area contributed by atoms with Crippen LogP contribution in [0.5, 0.6) is 0 Å². The Hall–Kier alpha value is -3.20. The fraction of sp³-hybridized carbons (Fsp3) is 0.500. The molecule has 4 aromatic rings. The number of hydrogen-bond donors (Lipinski definition) is 2. The second kappa shape index (κ2) is 7.41. The van der Waals surface area contributed by atoms with E-state index in [1.807, 2.05) is 31.3 Å². The monoisotopic (exact) mass is 446 g/mol. The lowest BCUT2D eigenvalue weighted by Gasteiger charge is -2.46. The third-order valence-corrected chi connectivity index (χ3v) is 7.24. The Labute approximate surface area is 192 Å². The summed E-state index contributed by atoms with van der Waals surface area (Å²) >= 11 is 0. The van der Waals surface area contributed by atoms with E-state index in [0.717, 1.165) is 66.1 Å². The number of nitrogens with one attached hydrogen (secondary N) is 1. The predicted octanol–water partition coefficient (Wildman–Crippen LogP) is 4.13. The Bertz CT molecular complexity index is 1340. The van der Waals surface area contributed by atoms with Crippen LogP contribution in [-0.2, 0) is 4.74 Å². The van der Waals surface area contributed by atoms with Crippen molar-refractivity contribution >= 4 is 28.4 Å². The van der Waals surface area contributed by atoms with Crippen LogP contribution in [0.25, 0.3) is 27.9 Å². The van der Waals surface area contributed by atoms with Crippen LogP contribution < -0.4 is 11.1 Å². The Morgan fingerprint density at radius 2 is 1.91 bits per heavy atom. The number of pyridine rings is 1. The highest BCUT2D eigenvalue weighted by atomic mass is 16.5. The molecule has 2 fully saturated rings. The van der Waals surface area contributed by atoms with Gasteiger partial charge in [-0.25, -0.2) is 14.5 Å². The first-order valence-corrected chi connectivity index (χ1v) is 11.8. The Morgan fingerprint density at radius 3 is 2.61 bits per heavy atom. The number of anilines is 2. The SMILES string of the molecule is Cc1nc2ccc(-c3ccn4nc(NC5CCC6(CCO6)CC5)nc(N)c34)nc2n1C(C)C. The molecule has 1 aliphatic heterocycles. The summed E-state index contributed by atoms with van der Waals surface area (Å²) in [6, 6.07) is 6.62. The molecule has 0 atom stereocenters. The molecule has 9 nitrogen and oxygen atoms in total. The number of aromatic nitrogens is 6. The molecular weight excluding hydrogens is 416 g/mol. The van der Waals surface area contributed by atoms with E-state index < -0.39 is 0 Å². The zero-order valence-electron chi connectivity index (χ0n) is 19.4. The van der Waals surface area contributed by atoms with Gasteiger partial charge >= 0.3 is 0 Å². The van der Waals surface area contributed by atoms with Gasteiger partial charge in [-0.2, -0.15) is 4.98 Å². The van der Waals surface area contributed by atoms with Gasteiger partial charge in [0, 0.05) is 23.8 Å². The molecule has 5 heterocycles. The largest absolute Gasteiger partial charge is 0.382 e. The van der Waals surface area contributed by atoms with Gasteiger partial charge in [0.15, 0.2) is 11.5 Å². The maximum atomic E-state index is 6.44. The van der Waals surface area contributed by atoms with Crippen molar-refractivity contribution < 1.29 is 4.74 Å². The van der Waals surface area contributed by atoms with Crippen LogP contribution in [0.4, 0.5) is 11.8 Å². The van der Waals surface area contributed by atoms with Crippen molar-refractivity contribution in [2.75, 3.05) is 17.7 Å². The molecule has 1 saturated heterocycles. The molecule has 2 aliphatic rings. The molecule has 0 aromatic carbocycles. The lowest BCUT2D eigenvalue weighted by Crippen LogP contribution is -2.48. The van der Waals surface area contributed by atoms with E-state index in [0.29, 0.717) is 17.8 Å². The van der Waals surface area contributed by atoms with Crippen molar-refractivity contribution in [3.63, 3.8) is 0 Å². The quantitative estimate of drug-likeness (QED) is 0.485. The molecule has 0 bridgehead atoms. The fourth-order valence-corrected chi connectivity index (χ4v) is 5.43. The normalized spacial score (nSPS) is 23.0. The third-order valence-electron chi connectivity index (χ3n) is 7.24. The fourth-order valence-electron chi connectivity index (χ4n) is 5.43. The Balaban J connectivity index is 1.31. The van der Waals surface area contributed by atoms with E-state index in [1.165, 1.54) is 6.42 Å². The van der Waals surface area contributed by atoms with Crippen molar-refractivity contribution in [2.24, 2.45) is 0 Å². The number of ether oxygens (including phenoxy) is 1. The van der Waals surface area contributed by atoms with Gasteiger partial charge < -0.3 is 20.4 Å². The molecule has 3 N–H and O–H groups in total. The summed E-state index contributed by atoms with van der Waals surface area (Å²) in [5, 5.41) is 8.19. The van der Waals surface area contributed by atoms with E-state index in [9.17, 15) is 0 Å². The second-order valence-electron chi connectivity index (χ2n) is 9.71. The number of rotatable bonds is 4. The highest BCUT2D eigenvalue weighted by Crippen LogP contribution is 2.41. The maximum absolute atomic E-state index is 6.44. The van der Waals surface area contributed by atoms with Gasteiger partial charge in [-0.3, -0.25) is 0 Å². The minimum atomic E-state index is 0.148. The predicted molar refractivity (Wildman–Crippen MR) is 128 cm³/mol. The van der Waals surface area contributed by atoms with Gasteiger partial charge in [0.1, 0.15) is 16.9 Å². The van der Waals surface area contributed by atoms with Crippen molar-refractivity contribution in [2.45, 2.75) is 70.6 Å². The zero-order chi connectivity index (χ0) is 22.7. The van der Waals surface area contributed by atoms with Crippen LogP contribution in [0.1, 0.15) is 57.8 Å². The smallest absolute Gasteiger partial charge is 0.243 e. The molecule has 9 heteroatoms. The van der Waals surface area contributed by atoms with Gasteiger partial charge in [0.05, 0.1) is 17.9 Å². The number of imidazole rings is 1. The molecule has 1 saturated carbocycles. The van der Waals surface area contributed by atoms with Gasteiger partial charge in [-0.1, -0.05) is 0 Å². The standard InChI is InChI=1S/C24H30N8O/c1-14(2)32-15(3)26-19-5-4-18(28-22(19)32)17-8-12-31-20(17)21(25)29-23(30-31)27-16-6-9-24(10-7-16)11-13-33-24/h4-5,8,12,14,16H,6-7,9-11,13H2,1-3H3,(H3,25,27,29,30). The lowest BCUT2D eigenvalue weighted by atomic mass is 9.77. The maximum Gasteiger partial charge on any atom is 0.243 e. The summed E-state index contributed by atoms with van der Waals surface area (Å²) in [5.74, 6) is 1.97. The van der Waals surface area contributed by atoms with Crippen LogP contribution in [0, 0.1) is 6.92 Å². The van der Waals surface area contributed by atoms with Gasteiger partial charge in [-0.15, -0.1) is 5.10 Å². The van der Waals surface area contributed by atoms with Crippen LogP contribution in [0.2, 0.25) is 0 Å². The number of hydrogen-bond acceptors (Lipinski definition) is 7.